The summed E-state index contributed by atoms with van der Waals surface area (Å²) in [6.07, 6.45) is 1.51. The average Bonchev–Trinajstić information content (AvgIpc) is 3.05. The maximum atomic E-state index is 13.4. The highest BCUT2D eigenvalue weighted by Crippen LogP contribution is 2.43. The van der Waals surface area contributed by atoms with Gasteiger partial charge in [0.2, 0.25) is 5.96 Å². The lowest BCUT2D eigenvalue weighted by molar-refractivity contribution is -0.141. The minimum atomic E-state index is -4.33. The van der Waals surface area contributed by atoms with E-state index in [1.54, 1.807) is 6.92 Å². The minimum absolute atomic E-state index is 0.138. The van der Waals surface area contributed by atoms with Gasteiger partial charge in [0.05, 0.1) is 26.4 Å². The van der Waals surface area contributed by atoms with Gasteiger partial charge in [-0.1, -0.05) is 74.0 Å². The van der Waals surface area contributed by atoms with Crippen LogP contribution in [0.3, 0.4) is 0 Å². The molecule has 0 aromatic heterocycles. The minimum Gasteiger partial charge on any atom is -0.480 e. The molecule has 0 amide bonds. The maximum absolute atomic E-state index is 13.4. The number of hydrogen-bond acceptors (Lipinski definition) is 11. The molecule has 3 N–H and O–H groups in total. The standard InChI is InChI=1S/C31H44N3O11P/c1-3-12-27(28(35)36)34(2)29(32)33-46(39,44-23-21-42-30(37)40-19-10-17-25-13-6-4-7-14-25)45-24-22-43-31(38)41-20-11-18-26-15-8-5-9-16-26/h4-9,13-16,27H,3,10-12,17-24H2,1-2H3,(H,35,36)(H2,32,33,39). The van der Waals surface area contributed by atoms with Gasteiger partial charge in [0.15, 0.2) is 0 Å². The third-order valence-corrected chi connectivity index (χ3v) is 7.91. The zero-order valence-corrected chi connectivity index (χ0v) is 27.2. The Bertz CT molecular complexity index is 1180. The Labute approximate surface area is 269 Å². The van der Waals surface area contributed by atoms with Crippen molar-refractivity contribution in [2.45, 2.75) is 51.5 Å². The SMILES string of the molecule is CCCC(C(=O)O)N(C)C(=N)NP(=O)(OCCOC(=O)OCCCc1ccccc1)OCCOC(=O)OCCCc1ccccc1. The monoisotopic (exact) mass is 665 g/mol. The number of likely N-dealkylation sites (N-methyl/N-ethyl adjacent to an activating group) is 1. The van der Waals surface area contributed by atoms with Crippen LogP contribution in [-0.2, 0) is 50.2 Å². The van der Waals surface area contributed by atoms with E-state index in [0.717, 1.165) is 28.9 Å². The van der Waals surface area contributed by atoms with Crippen LogP contribution in [0.2, 0.25) is 0 Å². The Morgan fingerprint density at radius 1 is 0.783 bits per heavy atom. The first kappa shape index (κ1) is 38.1. The average molecular weight is 666 g/mol. The Hall–Kier alpha value is -4.13. The molecule has 0 saturated carbocycles. The molecule has 0 aliphatic heterocycles. The van der Waals surface area contributed by atoms with Crippen LogP contribution in [0.15, 0.2) is 60.7 Å². The summed E-state index contributed by atoms with van der Waals surface area (Å²) in [6.45, 7) is 0.535. The van der Waals surface area contributed by atoms with E-state index in [1.165, 1.54) is 7.05 Å². The van der Waals surface area contributed by atoms with Crippen LogP contribution in [0.1, 0.15) is 43.7 Å². The summed E-state index contributed by atoms with van der Waals surface area (Å²) in [5, 5.41) is 20.1. The summed E-state index contributed by atoms with van der Waals surface area (Å²) in [5.41, 5.74) is 2.22. The molecule has 0 bridgehead atoms. The van der Waals surface area contributed by atoms with Gasteiger partial charge in [-0.3, -0.25) is 19.5 Å². The molecule has 0 aliphatic rings. The van der Waals surface area contributed by atoms with Crippen molar-refractivity contribution >= 4 is 32.0 Å². The molecule has 46 heavy (non-hydrogen) atoms. The zero-order valence-electron chi connectivity index (χ0n) is 26.3. The van der Waals surface area contributed by atoms with Crippen molar-refractivity contribution in [2.24, 2.45) is 0 Å². The van der Waals surface area contributed by atoms with Crippen molar-refractivity contribution in [2.75, 3.05) is 46.7 Å². The summed E-state index contributed by atoms with van der Waals surface area (Å²) in [5.74, 6) is -1.71. The van der Waals surface area contributed by atoms with Crippen LogP contribution in [0.4, 0.5) is 9.59 Å². The van der Waals surface area contributed by atoms with E-state index in [4.69, 9.17) is 33.4 Å². The van der Waals surface area contributed by atoms with Crippen LogP contribution in [0, 0.1) is 5.41 Å². The molecule has 0 fully saturated rings. The molecular formula is C31H44N3O11P. The molecule has 0 saturated heterocycles. The maximum Gasteiger partial charge on any atom is 0.508 e. The van der Waals surface area contributed by atoms with Crippen molar-refractivity contribution in [1.82, 2.24) is 9.99 Å². The Morgan fingerprint density at radius 2 is 1.22 bits per heavy atom. The Kier molecular flexibility index (Phi) is 17.9. The van der Waals surface area contributed by atoms with E-state index in [9.17, 15) is 24.1 Å². The van der Waals surface area contributed by atoms with E-state index in [1.807, 2.05) is 60.7 Å². The lowest BCUT2D eigenvalue weighted by atomic mass is 10.1. The second kappa shape index (κ2) is 21.6. The lowest BCUT2D eigenvalue weighted by Gasteiger charge is -2.29. The predicted molar refractivity (Wildman–Crippen MR) is 169 cm³/mol. The molecule has 0 radical (unpaired) electrons. The summed E-state index contributed by atoms with van der Waals surface area (Å²) in [6, 6.07) is 18.3. The highest BCUT2D eigenvalue weighted by Gasteiger charge is 2.31. The first-order valence-corrected chi connectivity index (χ1v) is 16.6. The van der Waals surface area contributed by atoms with Gasteiger partial charge in [0.25, 0.3) is 0 Å². The fraction of sp³-hybridized carbons (Fsp3) is 0.484. The van der Waals surface area contributed by atoms with Crippen LogP contribution in [-0.4, -0.2) is 87.0 Å². The number of nitrogens with zero attached hydrogens (tertiary/aromatic N) is 1. The van der Waals surface area contributed by atoms with Gasteiger partial charge in [-0.25, -0.2) is 18.9 Å². The van der Waals surface area contributed by atoms with Crippen molar-refractivity contribution in [3.05, 3.63) is 71.8 Å². The van der Waals surface area contributed by atoms with Crippen LogP contribution < -0.4 is 5.09 Å². The van der Waals surface area contributed by atoms with Crippen molar-refractivity contribution in [3.8, 4) is 0 Å². The second-order valence-corrected chi connectivity index (χ2v) is 11.7. The number of nitrogens with one attached hydrogen (secondary N) is 2. The molecule has 1 unspecified atom stereocenters. The number of guanidine groups is 1. The third-order valence-electron chi connectivity index (χ3n) is 6.38. The van der Waals surface area contributed by atoms with Crippen molar-refractivity contribution in [1.29, 1.82) is 5.41 Å². The largest absolute Gasteiger partial charge is 0.508 e. The quantitative estimate of drug-likeness (QED) is 0.0506. The normalized spacial score (nSPS) is 11.6. The molecule has 2 rings (SSSR count). The van der Waals surface area contributed by atoms with Gasteiger partial charge in [-0.2, -0.15) is 0 Å². The number of carboxylic acids is 1. The first-order chi connectivity index (χ1) is 22.1. The molecule has 2 aromatic rings. The van der Waals surface area contributed by atoms with E-state index in [0.29, 0.717) is 19.3 Å². The van der Waals surface area contributed by atoms with Gasteiger partial charge < -0.3 is 29.0 Å². The fourth-order valence-electron chi connectivity index (χ4n) is 4.02. The summed E-state index contributed by atoms with van der Waals surface area (Å²) >= 11 is 0. The van der Waals surface area contributed by atoms with E-state index >= 15 is 0 Å². The van der Waals surface area contributed by atoms with Gasteiger partial charge in [0.1, 0.15) is 19.3 Å². The number of benzene rings is 2. The number of aryl methyl sites for hydroxylation is 2. The topological polar surface area (TPSA) is 183 Å². The number of hydrogen-bond donors (Lipinski definition) is 3. The van der Waals surface area contributed by atoms with Gasteiger partial charge >= 0.3 is 26.0 Å². The Morgan fingerprint density at radius 3 is 1.63 bits per heavy atom. The molecule has 0 spiro atoms. The molecule has 2 aromatic carbocycles. The van der Waals surface area contributed by atoms with E-state index in [2.05, 4.69) is 5.09 Å². The molecule has 14 nitrogen and oxygen atoms in total. The molecule has 15 heteroatoms. The van der Waals surface area contributed by atoms with Crippen LogP contribution in [0.5, 0.6) is 0 Å². The lowest BCUT2D eigenvalue weighted by Crippen LogP contribution is -2.47. The number of carbonyl (C=O) groups is 3. The molecular weight excluding hydrogens is 621 g/mol. The van der Waals surface area contributed by atoms with Gasteiger partial charge in [0, 0.05) is 7.05 Å². The summed E-state index contributed by atoms with van der Waals surface area (Å²) in [4.78, 5) is 36.6. The summed E-state index contributed by atoms with van der Waals surface area (Å²) < 4.78 is 44.1. The molecule has 0 aliphatic carbocycles. The number of carboxylic acid groups (broad SMARTS) is 1. The predicted octanol–water partition coefficient (Wildman–Crippen LogP) is 5.41. The highest BCUT2D eigenvalue weighted by atomic mass is 31.2. The molecule has 254 valence electrons. The van der Waals surface area contributed by atoms with Gasteiger partial charge in [-0.15, -0.1) is 0 Å². The first-order valence-electron chi connectivity index (χ1n) is 15.0. The number of rotatable bonds is 21. The summed E-state index contributed by atoms with van der Waals surface area (Å²) in [7, 11) is -2.98. The fourth-order valence-corrected chi connectivity index (χ4v) is 5.27. The van der Waals surface area contributed by atoms with Gasteiger partial charge in [-0.05, 0) is 43.2 Å². The van der Waals surface area contributed by atoms with Crippen molar-refractivity contribution < 1.29 is 52.1 Å². The Balaban J connectivity index is 1.80. The third kappa shape index (κ3) is 15.7. The number of carbonyl (C=O) groups excluding carboxylic acids is 2. The highest BCUT2D eigenvalue weighted by molar-refractivity contribution is 7.52. The van der Waals surface area contributed by atoms with Crippen LogP contribution >= 0.6 is 7.75 Å². The molecule has 1 atom stereocenters. The van der Waals surface area contributed by atoms with E-state index in [-0.39, 0.29) is 32.8 Å². The van der Waals surface area contributed by atoms with Crippen LogP contribution in [0.25, 0.3) is 0 Å². The number of ether oxygens (including phenoxy) is 4. The van der Waals surface area contributed by atoms with Crippen molar-refractivity contribution in [3.63, 3.8) is 0 Å². The van der Waals surface area contributed by atoms with E-state index < -0.39 is 51.2 Å². The smallest absolute Gasteiger partial charge is 0.480 e. The number of aliphatic carboxylic acids is 1. The zero-order chi connectivity index (χ0) is 33.6. The second-order valence-electron chi connectivity index (χ2n) is 9.95. The molecule has 0 heterocycles.